The van der Waals surface area contributed by atoms with Crippen molar-refractivity contribution >= 4 is 32.2 Å². The number of anilines is 2. The number of rotatable bonds is 8. The van der Waals surface area contributed by atoms with Gasteiger partial charge in [0.1, 0.15) is 9.90 Å². The molecule has 7 nitrogen and oxygen atoms in total. The van der Waals surface area contributed by atoms with Gasteiger partial charge < -0.3 is 20.5 Å². The number of nitrogens with zero attached hydrogens (tertiary/aromatic N) is 1. The minimum absolute atomic E-state index is 0.0742. The van der Waals surface area contributed by atoms with E-state index in [1.54, 1.807) is 14.2 Å². The van der Waals surface area contributed by atoms with E-state index in [2.05, 4.69) is 9.69 Å². The highest BCUT2D eigenvalue weighted by Gasteiger charge is 2.40. The first kappa shape index (κ1) is 15.5. The highest BCUT2D eigenvalue weighted by molar-refractivity contribution is 7.92. The SMILES string of the molecule is COCC(CNc1snc(N)c1S(=O)(=O)C1CC1)OC. The van der Waals surface area contributed by atoms with Crippen LogP contribution in [0.5, 0.6) is 0 Å². The molecule has 1 aliphatic carbocycles. The maximum Gasteiger partial charge on any atom is 0.187 e. The van der Waals surface area contributed by atoms with E-state index < -0.39 is 9.84 Å². The number of ether oxygens (including phenoxy) is 2. The average Bonchev–Trinajstić information content (AvgIpc) is 3.19. The number of hydrogen-bond acceptors (Lipinski definition) is 8. The van der Waals surface area contributed by atoms with E-state index in [0.717, 1.165) is 11.5 Å². The minimum Gasteiger partial charge on any atom is -0.382 e. The Morgan fingerprint density at radius 2 is 2.20 bits per heavy atom. The minimum atomic E-state index is -3.36. The Kier molecular flexibility index (Phi) is 4.84. The van der Waals surface area contributed by atoms with E-state index in [1.165, 1.54) is 0 Å². The molecular formula is C11H19N3O4S2. The summed E-state index contributed by atoms with van der Waals surface area (Å²) in [6.45, 7) is 0.849. The third kappa shape index (κ3) is 3.22. The van der Waals surface area contributed by atoms with E-state index in [4.69, 9.17) is 15.2 Å². The highest BCUT2D eigenvalue weighted by Crippen LogP contribution is 2.40. The van der Waals surface area contributed by atoms with Gasteiger partial charge in [0.2, 0.25) is 0 Å². The van der Waals surface area contributed by atoms with Gasteiger partial charge in [0, 0.05) is 20.8 Å². The monoisotopic (exact) mass is 321 g/mol. The van der Waals surface area contributed by atoms with Gasteiger partial charge in [0.15, 0.2) is 15.7 Å². The lowest BCUT2D eigenvalue weighted by molar-refractivity contribution is 0.0366. The summed E-state index contributed by atoms with van der Waals surface area (Å²) in [5, 5.41) is 3.22. The van der Waals surface area contributed by atoms with Crippen molar-refractivity contribution in [2.75, 3.05) is 38.4 Å². The molecule has 0 radical (unpaired) electrons. The molecule has 1 aromatic rings. The number of hydrogen-bond donors (Lipinski definition) is 2. The van der Waals surface area contributed by atoms with Crippen LogP contribution in [0.3, 0.4) is 0 Å². The van der Waals surface area contributed by atoms with Crippen LogP contribution in [0.25, 0.3) is 0 Å². The van der Waals surface area contributed by atoms with Crippen LogP contribution in [-0.2, 0) is 19.3 Å². The van der Waals surface area contributed by atoms with Crippen molar-refractivity contribution in [1.29, 1.82) is 0 Å². The molecule has 1 saturated carbocycles. The molecular weight excluding hydrogens is 302 g/mol. The van der Waals surface area contributed by atoms with Gasteiger partial charge in [-0.1, -0.05) is 0 Å². The Hall–Kier alpha value is -0.900. The summed E-state index contributed by atoms with van der Waals surface area (Å²) in [6.07, 6.45) is 1.22. The van der Waals surface area contributed by atoms with Gasteiger partial charge in [0.05, 0.1) is 18.0 Å². The first-order chi connectivity index (χ1) is 9.50. The summed E-state index contributed by atoms with van der Waals surface area (Å²) < 4.78 is 38.8. The molecule has 0 aromatic carbocycles. The van der Waals surface area contributed by atoms with Crippen LogP contribution in [0.2, 0.25) is 0 Å². The molecule has 1 aliphatic rings. The number of nitrogens with two attached hydrogens (primary N) is 1. The van der Waals surface area contributed by atoms with Crippen molar-refractivity contribution < 1.29 is 17.9 Å². The fraction of sp³-hybridized carbons (Fsp3) is 0.727. The molecule has 20 heavy (non-hydrogen) atoms. The molecule has 0 spiro atoms. The van der Waals surface area contributed by atoms with E-state index >= 15 is 0 Å². The van der Waals surface area contributed by atoms with Crippen molar-refractivity contribution in [2.45, 2.75) is 29.1 Å². The summed E-state index contributed by atoms with van der Waals surface area (Å²) in [7, 11) is -0.202. The molecule has 1 heterocycles. The second-order valence-corrected chi connectivity index (χ2v) is 7.60. The molecule has 2 rings (SSSR count). The predicted molar refractivity (Wildman–Crippen MR) is 77.9 cm³/mol. The smallest absolute Gasteiger partial charge is 0.187 e. The number of sulfone groups is 1. The van der Waals surface area contributed by atoms with E-state index in [1.807, 2.05) is 0 Å². The van der Waals surface area contributed by atoms with Gasteiger partial charge in [-0.2, -0.15) is 4.37 Å². The second kappa shape index (κ2) is 6.25. The number of nitrogens with one attached hydrogen (secondary N) is 1. The molecule has 9 heteroatoms. The van der Waals surface area contributed by atoms with Crippen LogP contribution >= 0.6 is 11.5 Å². The van der Waals surface area contributed by atoms with Gasteiger partial charge in [0.25, 0.3) is 0 Å². The van der Waals surface area contributed by atoms with E-state index in [9.17, 15) is 8.42 Å². The van der Waals surface area contributed by atoms with Gasteiger partial charge in [-0.25, -0.2) is 8.42 Å². The molecule has 0 saturated heterocycles. The highest BCUT2D eigenvalue weighted by atomic mass is 32.2. The molecule has 0 bridgehead atoms. The van der Waals surface area contributed by atoms with Gasteiger partial charge in [-0.3, -0.25) is 0 Å². The van der Waals surface area contributed by atoms with Crippen LogP contribution in [0.1, 0.15) is 12.8 Å². The molecule has 3 N–H and O–H groups in total. The van der Waals surface area contributed by atoms with Gasteiger partial charge >= 0.3 is 0 Å². The van der Waals surface area contributed by atoms with Crippen molar-refractivity contribution in [3.63, 3.8) is 0 Å². The van der Waals surface area contributed by atoms with Crippen LogP contribution in [0, 0.1) is 0 Å². The maximum absolute atomic E-state index is 12.3. The molecule has 0 aliphatic heterocycles. The lowest BCUT2D eigenvalue weighted by Gasteiger charge is -2.15. The van der Waals surface area contributed by atoms with Gasteiger partial charge in [-0.15, -0.1) is 0 Å². The van der Waals surface area contributed by atoms with Crippen LogP contribution in [0.4, 0.5) is 10.8 Å². The zero-order valence-corrected chi connectivity index (χ0v) is 13.1. The largest absolute Gasteiger partial charge is 0.382 e. The first-order valence-corrected chi connectivity index (χ1v) is 8.57. The summed E-state index contributed by atoms with van der Waals surface area (Å²) in [5.74, 6) is 0.0742. The Morgan fingerprint density at radius 3 is 2.75 bits per heavy atom. The lowest BCUT2D eigenvalue weighted by atomic mass is 10.4. The zero-order chi connectivity index (χ0) is 14.8. The predicted octanol–water partition coefficient (Wildman–Crippen LogP) is 0.735. The Labute approximate surface area is 122 Å². The molecule has 0 amide bonds. The quantitative estimate of drug-likeness (QED) is 0.727. The van der Waals surface area contributed by atoms with Crippen molar-refractivity contribution in [3.05, 3.63) is 0 Å². The summed E-state index contributed by atoms with van der Waals surface area (Å²) in [4.78, 5) is 0.136. The summed E-state index contributed by atoms with van der Waals surface area (Å²) in [6, 6.07) is 0. The van der Waals surface area contributed by atoms with Crippen LogP contribution in [0.15, 0.2) is 4.90 Å². The molecule has 1 unspecified atom stereocenters. The number of methoxy groups -OCH3 is 2. The standard InChI is InChI=1S/C11H19N3O4S2/c1-17-6-7(18-2)5-13-11-9(10(12)14-19-11)20(15,16)8-3-4-8/h7-8,13H,3-6H2,1-2H3,(H2,12,14). The fourth-order valence-electron chi connectivity index (χ4n) is 1.83. The number of aromatic nitrogens is 1. The van der Waals surface area contributed by atoms with Crippen molar-refractivity contribution in [3.8, 4) is 0 Å². The summed E-state index contributed by atoms with van der Waals surface area (Å²) in [5.41, 5.74) is 5.71. The molecule has 1 aromatic heterocycles. The topological polar surface area (TPSA) is 104 Å². The molecule has 1 fully saturated rings. The maximum atomic E-state index is 12.3. The Balaban J connectivity index is 2.13. The molecule has 1 atom stereocenters. The van der Waals surface area contributed by atoms with Crippen molar-refractivity contribution in [1.82, 2.24) is 4.37 Å². The molecule has 114 valence electrons. The third-order valence-corrected chi connectivity index (χ3v) is 6.38. The zero-order valence-electron chi connectivity index (χ0n) is 11.5. The lowest BCUT2D eigenvalue weighted by Crippen LogP contribution is -2.26. The Morgan fingerprint density at radius 1 is 1.50 bits per heavy atom. The van der Waals surface area contributed by atoms with E-state index in [-0.39, 0.29) is 22.1 Å². The van der Waals surface area contributed by atoms with Gasteiger partial charge in [-0.05, 0) is 24.4 Å². The number of nitrogen functional groups attached to an aromatic ring is 1. The average molecular weight is 321 g/mol. The van der Waals surface area contributed by atoms with Crippen LogP contribution in [-0.4, -0.2) is 51.5 Å². The first-order valence-electron chi connectivity index (χ1n) is 6.25. The third-order valence-electron chi connectivity index (χ3n) is 3.10. The fourth-order valence-corrected chi connectivity index (χ4v) is 4.72. The van der Waals surface area contributed by atoms with E-state index in [0.29, 0.717) is 31.0 Å². The second-order valence-electron chi connectivity index (χ2n) is 4.66. The normalized spacial score (nSPS) is 17.1. The van der Waals surface area contributed by atoms with Crippen LogP contribution < -0.4 is 11.1 Å². The Bertz CT molecular complexity index is 554. The van der Waals surface area contributed by atoms with Crippen molar-refractivity contribution in [2.24, 2.45) is 0 Å². The summed E-state index contributed by atoms with van der Waals surface area (Å²) >= 11 is 1.06.